The van der Waals surface area contributed by atoms with Gasteiger partial charge >= 0.3 is 6.61 Å². The molecule has 24 heavy (non-hydrogen) atoms. The standard InChI is InChI=1S/C16H17F2N3O2S/c1-9-3-6-13(23-15(17)18)11(7-9)12(22)8-24-16-20-19-14(21(16)2)10-4-5-10/h3,6-7,10,15H,4-5,8H2,1-2H3. The Kier molecular flexibility index (Phi) is 4.84. The molecule has 1 fully saturated rings. The molecule has 8 heteroatoms. The van der Waals surface area contributed by atoms with Crippen LogP contribution in [0.2, 0.25) is 0 Å². The first-order chi connectivity index (χ1) is 11.5. The molecule has 0 unspecified atom stereocenters. The summed E-state index contributed by atoms with van der Waals surface area (Å²) < 4.78 is 31.3. The van der Waals surface area contributed by atoms with Gasteiger partial charge < -0.3 is 9.30 Å². The van der Waals surface area contributed by atoms with E-state index in [1.54, 1.807) is 19.1 Å². The van der Waals surface area contributed by atoms with Gasteiger partial charge in [0.1, 0.15) is 11.6 Å². The quantitative estimate of drug-likeness (QED) is 0.562. The molecule has 1 aliphatic carbocycles. The Morgan fingerprint density at radius 1 is 1.42 bits per heavy atom. The Morgan fingerprint density at radius 2 is 2.17 bits per heavy atom. The van der Waals surface area contributed by atoms with Gasteiger partial charge in [0.05, 0.1) is 11.3 Å². The van der Waals surface area contributed by atoms with E-state index in [2.05, 4.69) is 14.9 Å². The van der Waals surface area contributed by atoms with E-state index in [9.17, 15) is 13.6 Å². The van der Waals surface area contributed by atoms with Crippen molar-refractivity contribution in [2.75, 3.05) is 5.75 Å². The number of alkyl halides is 2. The molecule has 1 aliphatic rings. The highest BCUT2D eigenvalue weighted by Crippen LogP contribution is 2.39. The largest absolute Gasteiger partial charge is 0.434 e. The summed E-state index contributed by atoms with van der Waals surface area (Å²) in [6, 6.07) is 4.59. The van der Waals surface area contributed by atoms with Gasteiger partial charge in [-0.3, -0.25) is 4.79 Å². The highest BCUT2D eigenvalue weighted by atomic mass is 32.2. The zero-order chi connectivity index (χ0) is 17.3. The van der Waals surface area contributed by atoms with Crippen LogP contribution in [-0.4, -0.2) is 32.9 Å². The Hall–Kier alpha value is -1.96. The maximum absolute atomic E-state index is 12.5. The molecule has 0 saturated heterocycles. The molecule has 128 valence electrons. The van der Waals surface area contributed by atoms with Gasteiger partial charge in [-0.25, -0.2) is 0 Å². The predicted octanol–water partition coefficient (Wildman–Crippen LogP) is 3.58. The third kappa shape index (κ3) is 3.75. The smallest absolute Gasteiger partial charge is 0.387 e. The van der Waals surface area contributed by atoms with Crippen molar-refractivity contribution in [2.24, 2.45) is 7.05 Å². The zero-order valence-electron chi connectivity index (χ0n) is 13.3. The van der Waals surface area contributed by atoms with Gasteiger partial charge in [0, 0.05) is 13.0 Å². The Morgan fingerprint density at radius 3 is 2.83 bits per heavy atom. The first-order valence-corrected chi connectivity index (χ1v) is 8.55. The van der Waals surface area contributed by atoms with Crippen molar-refractivity contribution in [2.45, 2.75) is 37.5 Å². The predicted molar refractivity (Wildman–Crippen MR) is 85.8 cm³/mol. The fourth-order valence-corrected chi connectivity index (χ4v) is 3.22. The lowest BCUT2D eigenvalue weighted by Crippen LogP contribution is -2.10. The van der Waals surface area contributed by atoms with Crippen molar-refractivity contribution in [1.82, 2.24) is 14.8 Å². The number of Topliss-reactive ketones (excluding diaryl/α,β-unsaturated/α-hetero) is 1. The van der Waals surface area contributed by atoms with Crippen LogP contribution in [0.15, 0.2) is 23.4 Å². The van der Waals surface area contributed by atoms with E-state index in [0.29, 0.717) is 11.1 Å². The first-order valence-electron chi connectivity index (χ1n) is 7.56. The Balaban J connectivity index is 1.72. The Bertz CT molecular complexity index is 760. The van der Waals surface area contributed by atoms with Gasteiger partial charge in [0.25, 0.3) is 0 Å². The number of carbonyl (C=O) groups excluding carboxylic acids is 1. The van der Waals surface area contributed by atoms with Crippen LogP contribution in [0.1, 0.15) is 40.5 Å². The van der Waals surface area contributed by atoms with Crippen LogP contribution >= 0.6 is 11.8 Å². The van der Waals surface area contributed by atoms with Crippen LogP contribution in [0, 0.1) is 6.92 Å². The van der Waals surface area contributed by atoms with Crippen LogP contribution in [0.25, 0.3) is 0 Å². The summed E-state index contributed by atoms with van der Waals surface area (Å²) in [6.45, 7) is -1.17. The van der Waals surface area contributed by atoms with Crippen LogP contribution in [-0.2, 0) is 7.05 Å². The third-order valence-electron chi connectivity index (χ3n) is 3.79. The van der Waals surface area contributed by atoms with Crippen molar-refractivity contribution in [3.63, 3.8) is 0 Å². The number of aromatic nitrogens is 3. The summed E-state index contributed by atoms with van der Waals surface area (Å²) in [7, 11) is 1.87. The van der Waals surface area contributed by atoms with Crippen molar-refractivity contribution < 1.29 is 18.3 Å². The van der Waals surface area contributed by atoms with Crippen LogP contribution in [0.4, 0.5) is 8.78 Å². The molecule has 0 spiro atoms. The number of hydrogen-bond acceptors (Lipinski definition) is 5. The molecule has 1 aromatic carbocycles. The molecular weight excluding hydrogens is 336 g/mol. The molecular formula is C16H17F2N3O2S. The monoisotopic (exact) mass is 353 g/mol. The van der Waals surface area contributed by atoms with Crippen LogP contribution < -0.4 is 4.74 Å². The number of aryl methyl sites for hydroxylation is 1. The molecule has 1 saturated carbocycles. The molecule has 2 aromatic rings. The second-order valence-corrected chi connectivity index (χ2v) is 6.71. The highest BCUT2D eigenvalue weighted by molar-refractivity contribution is 7.99. The summed E-state index contributed by atoms with van der Waals surface area (Å²) >= 11 is 1.25. The molecule has 3 rings (SSSR count). The number of ketones is 1. The van der Waals surface area contributed by atoms with Crippen molar-refractivity contribution in [3.05, 3.63) is 35.2 Å². The fraction of sp³-hybridized carbons (Fsp3) is 0.438. The summed E-state index contributed by atoms with van der Waals surface area (Å²) in [5.74, 6) is 1.10. The maximum atomic E-state index is 12.5. The summed E-state index contributed by atoms with van der Waals surface area (Å²) in [5.41, 5.74) is 0.965. The van der Waals surface area contributed by atoms with Crippen LogP contribution in [0.3, 0.4) is 0 Å². The molecule has 0 bridgehead atoms. The number of benzene rings is 1. The lowest BCUT2D eigenvalue weighted by atomic mass is 10.1. The number of carbonyl (C=O) groups is 1. The molecule has 1 aromatic heterocycles. The molecule has 0 amide bonds. The molecule has 0 aliphatic heterocycles. The number of halogens is 2. The SMILES string of the molecule is Cc1ccc(OC(F)F)c(C(=O)CSc2nnc(C3CC3)n2C)c1. The van der Waals surface area contributed by atoms with E-state index in [0.717, 1.165) is 24.2 Å². The second kappa shape index (κ2) is 6.88. The van der Waals surface area contributed by atoms with E-state index < -0.39 is 6.61 Å². The average Bonchev–Trinajstić information content (AvgIpc) is 3.30. The van der Waals surface area contributed by atoms with E-state index in [-0.39, 0.29) is 22.8 Å². The van der Waals surface area contributed by atoms with Gasteiger partial charge in [-0.15, -0.1) is 10.2 Å². The molecule has 0 N–H and O–H groups in total. The van der Waals surface area contributed by atoms with Crippen molar-refractivity contribution in [3.8, 4) is 5.75 Å². The average molecular weight is 353 g/mol. The molecule has 1 heterocycles. The minimum Gasteiger partial charge on any atom is -0.434 e. The van der Waals surface area contributed by atoms with E-state index in [1.807, 2.05) is 11.6 Å². The third-order valence-corrected chi connectivity index (χ3v) is 4.82. The maximum Gasteiger partial charge on any atom is 0.387 e. The molecule has 5 nitrogen and oxygen atoms in total. The lowest BCUT2D eigenvalue weighted by Gasteiger charge is -2.10. The van der Waals surface area contributed by atoms with E-state index in [4.69, 9.17) is 0 Å². The number of ether oxygens (including phenoxy) is 1. The minimum absolute atomic E-state index is 0.0830. The van der Waals surface area contributed by atoms with E-state index in [1.165, 1.54) is 17.8 Å². The number of nitrogens with zero attached hydrogens (tertiary/aromatic N) is 3. The normalized spacial score (nSPS) is 14.2. The van der Waals surface area contributed by atoms with Gasteiger partial charge in [-0.1, -0.05) is 23.4 Å². The summed E-state index contributed by atoms with van der Waals surface area (Å²) in [6.07, 6.45) is 2.24. The summed E-state index contributed by atoms with van der Waals surface area (Å²) in [4.78, 5) is 12.4. The fourth-order valence-electron chi connectivity index (χ4n) is 2.42. The number of hydrogen-bond donors (Lipinski definition) is 0. The minimum atomic E-state index is -2.97. The van der Waals surface area contributed by atoms with Crippen LogP contribution in [0.5, 0.6) is 5.75 Å². The number of rotatable bonds is 7. The van der Waals surface area contributed by atoms with Gasteiger partial charge in [0.2, 0.25) is 0 Å². The van der Waals surface area contributed by atoms with Gasteiger partial charge in [-0.05, 0) is 31.9 Å². The van der Waals surface area contributed by atoms with Crippen molar-refractivity contribution >= 4 is 17.5 Å². The summed E-state index contributed by atoms with van der Waals surface area (Å²) in [5, 5.41) is 8.91. The van der Waals surface area contributed by atoms with Gasteiger partial charge in [0.15, 0.2) is 10.9 Å². The highest BCUT2D eigenvalue weighted by Gasteiger charge is 2.29. The van der Waals surface area contributed by atoms with Crippen molar-refractivity contribution in [1.29, 1.82) is 0 Å². The zero-order valence-corrected chi connectivity index (χ0v) is 14.1. The second-order valence-electron chi connectivity index (χ2n) is 5.76. The lowest BCUT2D eigenvalue weighted by molar-refractivity contribution is -0.0501. The Labute approximate surface area is 142 Å². The molecule has 0 atom stereocenters. The topological polar surface area (TPSA) is 57.0 Å². The van der Waals surface area contributed by atoms with E-state index >= 15 is 0 Å². The van der Waals surface area contributed by atoms with Gasteiger partial charge in [-0.2, -0.15) is 8.78 Å². The first kappa shape index (κ1) is 16.9. The molecule has 0 radical (unpaired) electrons. The number of thioether (sulfide) groups is 1.